The van der Waals surface area contributed by atoms with E-state index in [1.165, 1.54) is 0 Å². The van der Waals surface area contributed by atoms with Gasteiger partial charge in [0.05, 0.1) is 0 Å². The van der Waals surface area contributed by atoms with Crippen molar-refractivity contribution in [2.45, 2.75) is 47.0 Å². The van der Waals surface area contributed by atoms with E-state index in [1.807, 2.05) is 13.8 Å². The minimum Gasteiger partial charge on any atom is -0.409 e. The first-order valence-electron chi connectivity index (χ1n) is 7.25. The smallest absolute Gasteiger partial charge is 0.221 e. The van der Waals surface area contributed by atoms with Gasteiger partial charge in [-0.2, -0.15) is 0 Å². The van der Waals surface area contributed by atoms with Gasteiger partial charge >= 0.3 is 0 Å². The van der Waals surface area contributed by atoms with E-state index in [4.69, 9.17) is 10.9 Å². The normalized spacial score (nSPS) is 12.8. The number of nitrogens with zero attached hydrogens (tertiary/aromatic N) is 1. The number of amidine groups is 1. The standard InChI is InChI=1S/C14H30N4O2/c1-11(2)10-17-12(19)6-9-16-8-5-7-14(3,4)13(15)18-20/h11,16,20H,5-10H2,1-4H3,(H2,15,18)(H,17,19). The van der Waals surface area contributed by atoms with Crippen molar-refractivity contribution in [3.8, 4) is 0 Å². The van der Waals surface area contributed by atoms with Crippen LogP contribution in [0.1, 0.15) is 47.0 Å². The highest BCUT2D eigenvalue weighted by molar-refractivity contribution is 5.85. The van der Waals surface area contributed by atoms with Gasteiger partial charge in [0.1, 0.15) is 5.84 Å². The van der Waals surface area contributed by atoms with Crippen LogP contribution in [0, 0.1) is 11.3 Å². The molecule has 6 heteroatoms. The van der Waals surface area contributed by atoms with Crippen LogP contribution in [0.25, 0.3) is 0 Å². The van der Waals surface area contributed by atoms with Crippen LogP contribution in [0.2, 0.25) is 0 Å². The molecule has 0 atom stereocenters. The Morgan fingerprint density at radius 3 is 2.55 bits per heavy atom. The first-order chi connectivity index (χ1) is 9.29. The quantitative estimate of drug-likeness (QED) is 0.160. The molecule has 118 valence electrons. The number of nitrogens with two attached hydrogens (primary N) is 1. The Bertz CT molecular complexity index is 314. The SMILES string of the molecule is CC(C)CNC(=O)CCNCCCC(C)(C)C(N)=NO. The summed E-state index contributed by atoms with van der Waals surface area (Å²) in [6.07, 6.45) is 2.24. The summed E-state index contributed by atoms with van der Waals surface area (Å²) in [6, 6.07) is 0. The zero-order valence-corrected chi connectivity index (χ0v) is 13.2. The molecule has 0 aliphatic carbocycles. The average molecular weight is 286 g/mol. The fraction of sp³-hybridized carbons (Fsp3) is 0.857. The molecule has 0 bridgehead atoms. The summed E-state index contributed by atoms with van der Waals surface area (Å²) in [4.78, 5) is 11.5. The molecule has 0 heterocycles. The van der Waals surface area contributed by atoms with Crippen molar-refractivity contribution in [2.75, 3.05) is 19.6 Å². The maximum Gasteiger partial charge on any atom is 0.221 e. The lowest BCUT2D eigenvalue weighted by atomic mass is 9.86. The molecule has 1 amide bonds. The van der Waals surface area contributed by atoms with Crippen LogP contribution in [0.5, 0.6) is 0 Å². The van der Waals surface area contributed by atoms with Gasteiger partial charge in [-0.05, 0) is 25.3 Å². The van der Waals surface area contributed by atoms with Crippen molar-refractivity contribution in [2.24, 2.45) is 22.2 Å². The van der Waals surface area contributed by atoms with Crippen molar-refractivity contribution in [1.82, 2.24) is 10.6 Å². The predicted molar refractivity (Wildman–Crippen MR) is 81.8 cm³/mol. The largest absolute Gasteiger partial charge is 0.409 e. The molecule has 5 N–H and O–H groups in total. The summed E-state index contributed by atoms with van der Waals surface area (Å²) in [5, 5.41) is 17.8. The van der Waals surface area contributed by atoms with Gasteiger partial charge in [-0.3, -0.25) is 4.79 Å². The van der Waals surface area contributed by atoms with Gasteiger partial charge in [-0.15, -0.1) is 0 Å². The van der Waals surface area contributed by atoms with Crippen molar-refractivity contribution >= 4 is 11.7 Å². The Morgan fingerprint density at radius 1 is 1.35 bits per heavy atom. The van der Waals surface area contributed by atoms with Crippen LogP contribution in [0.4, 0.5) is 0 Å². The first-order valence-corrected chi connectivity index (χ1v) is 7.25. The molecule has 0 unspecified atom stereocenters. The average Bonchev–Trinajstić information content (AvgIpc) is 2.39. The molecule has 20 heavy (non-hydrogen) atoms. The molecule has 0 saturated heterocycles. The monoisotopic (exact) mass is 286 g/mol. The number of oxime groups is 1. The Labute approximate surface area is 122 Å². The summed E-state index contributed by atoms with van der Waals surface area (Å²) in [7, 11) is 0. The van der Waals surface area contributed by atoms with E-state index in [-0.39, 0.29) is 17.2 Å². The lowest BCUT2D eigenvalue weighted by Gasteiger charge is -2.22. The van der Waals surface area contributed by atoms with E-state index in [1.54, 1.807) is 0 Å². The van der Waals surface area contributed by atoms with Crippen LogP contribution in [0.15, 0.2) is 5.16 Å². The zero-order valence-electron chi connectivity index (χ0n) is 13.2. The highest BCUT2D eigenvalue weighted by Crippen LogP contribution is 2.21. The van der Waals surface area contributed by atoms with Crippen LogP contribution >= 0.6 is 0 Å². The second-order valence-corrected chi connectivity index (χ2v) is 6.17. The van der Waals surface area contributed by atoms with Crippen LogP contribution in [-0.4, -0.2) is 36.6 Å². The highest BCUT2D eigenvalue weighted by Gasteiger charge is 2.22. The van der Waals surface area contributed by atoms with E-state index in [0.29, 0.717) is 18.9 Å². The predicted octanol–water partition coefficient (Wildman–Crippen LogP) is 1.29. The fourth-order valence-corrected chi connectivity index (χ4v) is 1.65. The number of carbonyl (C=O) groups excluding carboxylic acids is 1. The Morgan fingerprint density at radius 2 is 2.00 bits per heavy atom. The van der Waals surface area contributed by atoms with E-state index in [0.717, 1.165) is 25.9 Å². The van der Waals surface area contributed by atoms with Crippen molar-refractivity contribution in [3.05, 3.63) is 0 Å². The molecule has 0 fully saturated rings. The van der Waals surface area contributed by atoms with Gasteiger partial charge < -0.3 is 21.6 Å². The third-order valence-electron chi connectivity index (χ3n) is 3.19. The summed E-state index contributed by atoms with van der Waals surface area (Å²) in [6.45, 7) is 10.3. The molecule has 0 saturated carbocycles. The number of rotatable bonds is 10. The van der Waals surface area contributed by atoms with Gasteiger partial charge in [0.15, 0.2) is 0 Å². The molecule has 6 nitrogen and oxygen atoms in total. The van der Waals surface area contributed by atoms with Crippen LogP contribution < -0.4 is 16.4 Å². The second-order valence-electron chi connectivity index (χ2n) is 6.17. The van der Waals surface area contributed by atoms with Gasteiger partial charge in [0, 0.05) is 24.9 Å². The Kier molecular flexibility index (Phi) is 8.96. The number of hydrogen-bond acceptors (Lipinski definition) is 4. The number of carbonyl (C=O) groups is 1. The molecule has 0 rings (SSSR count). The van der Waals surface area contributed by atoms with Gasteiger partial charge in [-0.1, -0.05) is 32.9 Å². The van der Waals surface area contributed by atoms with Gasteiger partial charge in [0.2, 0.25) is 5.91 Å². The van der Waals surface area contributed by atoms with Crippen LogP contribution in [-0.2, 0) is 4.79 Å². The van der Waals surface area contributed by atoms with E-state index in [9.17, 15) is 4.79 Å². The minimum absolute atomic E-state index is 0.0863. The maximum absolute atomic E-state index is 11.5. The maximum atomic E-state index is 11.5. The number of nitrogens with one attached hydrogen (secondary N) is 2. The summed E-state index contributed by atoms with van der Waals surface area (Å²) < 4.78 is 0. The van der Waals surface area contributed by atoms with E-state index < -0.39 is 0 Å². The molecular formula is C14H30N4O2. The topological polar surface area (TPSA) is 99.7 Å². The Balaban J connectivity index is 3.61. The summed E-state index contributed by atoms with van der Waals surface area (Å²) in [5.41, 5.74) is 5.32. The third-order valence-corrected chi connectivity index (χ3v) is 3.19. The third kappa shape index (κ3) is 8.74. The molecule has 0 aliphatic heterocycles. The van der Waals surface area contributed by atoms with Gasteiger partial charge in [0.25, 0.3) is 0 Å². The molecule has 0 aliphatic rings. The lowest BCUT2D eigenvalue weighted by molar-refractivity contribution is -0.121. The van der Waals surface area contributed by atoms with Crippen molar-refractivity contribution in [1.29, 1.82) is 0 Å². The summed E-state index contributed by atoms with van der Waals surface area (Å²) in [5.74, 6) is 0.821. The van der Waals surface area contributed by atoms with Crippen molar-refractivity contribution in [3.63, 3.8) is 0 Å². The van der Waals surface area contributed by atoms with Gasteiger partial charge in [-0.25, -0.2) is 0 Å². The second kappa shape index (κ2) is 9.58. The molecule has 0 spiro atoms. The molecular weight excluding hydrogens is 256 g/mol. The van der Waals surface area contributed by atoms with E-state index >= 15 is 0 Å². The fourth-order valence-electron chi connectivity index (χ4n) is 1.65. The Hall–Kier alpha value is -1.30. The number of amides is 1. The molecule has 0 aromatic carbocycles. The lowest BCUT2D eigenvalue weighted by Crippen LogP contribution is -2.33. The summed E-state index contributed by atoms with van der Waals surface area (Å²) >= 11 is 0. The van der Waals surface area contributed by atoms with E-state index in [2.05, 4.69) is 29.6 Å². The van der Waals surface area contributed by atoms with Crippen LogP contribution in [0.3, 0.4) is 0 Å². The molecule has 0 aromatic heterocycles. The number of hydrogen-bond donors (Lipinski definition) is 4. The first kappa shape index (κ1) is 18.7. The highest BCUT2D eigenvalue weighted by atomic mass is 16.4. The molecule has 0 radical (unpaired) electrons. The van der Waals surface area contributed by atoms with Crippen molar-refractivity contribution < 1.29 is 10.0 Å². The molecule has 0 aromatic rings. The minimum atomic E-state index is -0.301. The zero-order chi connectivity index (χ0) is 15.6.